The summed E-state index contributed by atoms with van der Waals surface area (Å²) in [4.78, 5) is 37.1. The number of hydrogen-bond donors (Lipinski definition) is 2. The molecule has 0 aliphatic carbocycles. The van der Waals surface area contributed by atoms with Gasteiger partial charge in [-0.15, -0.1) is 0 Å². The van der Waals surface area contributed by atoms with Crippen molar-refractivity contribution in [3.05, 3.63) is 44.5 Å². The number of fused-ring (bicyclic) bond motifs is 1. The summed E-state index contributed by atoms with van der Waals surface area (Å²) < 4.78 is 0. The topological polar surface area (TPSA) is 106 Å². The summed E-state index contributed by atoms with van der Waals surface area (Å²) >= 11 is 0. The highest BCUT2D eigenvalue weighted by molar-refractivity contribution is 5.99. The maximum Gasteiger partial charge on any atom is 0.314 e. The van der Waals surface area contributed by atoms with Crippen molar-refractivity contribution in [1.82, 2.24) is 9.97 Å². The van der Waals surface area contributed by atoms with Crippen LogP contribution < -0.4 is 16.2 Å². The van der Waals surface area contributed by atoms with Crippen molar-refractivity contribution in [1.29, 1.82) is 0 Å². The molecule has 0 unspecified atom stereocenters. The quantitative estimate of drug-likeness (QED) is 0.557. The minimum atomic E-state index is -1.41. The Kier molecular flexibility index (Phi) is 1.89. The Hall–Kier alpha value is -2.37. The van der Waals surface area contributed by atoms with Crippen LogP contribution in [0, 0.1) is 0 Å². The van der Waals surface area contributed by atoms with Crippen molar-refractivity contribution >= 4 is 17.0 Å². The molecule has 0 fully saturated rings. The number of benzene rings is 1. The van der Waals surface area contributed by atoms with E-state index < -0.39 is 17.1 Å². The molecular weight excluding hydrogens is 200 g/mol. The van der Waals surface area contributed by atoms with Gasteiger partial charge in [-0.2, -0.15) is 0 Å². The first-order chi connectivity index (χ1) is 7.09. The van der Waals surface area contributed by atoms with E-state index in [1.165, 1.54) is 18.2 Å². The van der Waals surface area contributed by atoms with E-state index in [0.29, 0.717) is 0 Å². The Morgan fingerprint density at radius 1 is 1.13 bits per heavy atom. The van der Waals surface area contributed by atoms with Crippen molar-refractivity contribution in [3.63, 3.8) is 0 Å². The number of rotatable bonds is 1. The summed E-state index contributed by atoms with van der Waals surface area (Å²) in [5.41, 5.74) is -1.57. The van der Waals surface area contributed by atoms with E-state index in [0.717, 1.165) is 0 Å². The van der Waals surface area contributed by atoms with Crippen LogP contribution in [0.15, 0.2) is 27.8 Å². The molecule has 1 aromatic heterocycles. The summed E-state index contributed by atoms with van der Waals surface area (Å²) in [6.07, 6.45) is 0. The molecule has 15 heavy (non-hydrogen) atoms. The summed E-state index contributed by atoms with van der Waals surface area (Å²) in [7, 11) is 0. The lowest BCUT2D eigenvalue weighted by atomic mass is 10.2. The molecule has 0 atom stereocenters. The summed E-state index contributed by atoms with van der Waals surface area (Å²) in [6.45, 7) is 0. The molecule has 0 radical (unpaired) electrons. The van der Waals surface area contributed by atoms with Crippen LogP contribution in [0.1, 0.15) is 10.4 Å². The Morgan fingerprint density at radius 2 is 1.80 bits per heavy atom. The lowest BCUT2D eigenvalue weighted by molar-refractivity contribution is -0.254. The predicted octanol–water partition coefficient (Wildman–Crippen LogP) is -1.42. The van der Waals surface area contributed by atoms with Crippen molar-refractivity contribution in [2.45, 2.75) is 0 Å². The molecule has 0 amide bonds. The van der Waals surface area contributed by atoms with Gasteiger partial charge in [0, 0.05) is 5.56 Å². The molecule has 0 bridgehead atoms. The highest BCUT2D eigenvalue weighted by Crippen LogP contribution is 2.10. The van der Waals surface area contributed by atoms with Gasteiger partial charge >= 0.3 is 11.1 Å². The smallest absolute Gasteiger partial charge is 0.314 e. The SMILES string of the molecule is O=C([O-])c1cccc2[nH]c(=O)c(=O)[nH]c12. The van der Waals surface area contributed by atoms with E-state index in [4.69, 9.17) is 0 Å². The number of aromatic nitrogens is 2. The summed E-state index contributed by atoms with van der Waals surface area (Å²) in [5.74, 6) is -1.41. The lowest BCUT2D eigenvalue weighted by Gasteiger charge is -2.05. The van der Waals surface area contributed by atoms with Crippen molar-refractivity contribution in [3.8, 4) is 0 Å². The van der Waals surface area contributed by atoms with Gasteiger partial charge in [0.15, 0.2) is 0 Å². The predicted molar refractivity (Wildman–Crippen MR) is 49.5 cm³/mol. The Bertz CT molecular complexity index is 653. The van der Waals surface area contributed by atoms with Gasteiger partial charge in [0.2, 0.25) is 0 Å². The number of H-pyrrole nitrogens is 2. The zero-order valence-electron chi connectivity index (χ0n) is 7.37. The van der Waals surface area contributed by atoms with E-state index in [2.05, 4.69) is 9.97 Å². The van der Waals surface area contributed by atoms with Gasteiger partial charge in [0.05, 0.1) is 17.0 Å². The lowest BCUT2D eigenvalue weighted by Crippen LogP contribution is -2.30. The van der Waals surface area contributed by atoms with E-state index in [1.807, 2.05) is 0 Å². The van der Waals surface area contributed by atoms with Gasteiger partial charge in [-0.25, -0.2) is 0 Å². The molecule has 2 rings (SSSR count). The minimum Gasteiger partial charge on any atom is -0.545 e. The molecule has 1 heterocycles. The first-order valence-corrected chi connectivity index (χ1v) is 4.06. The molecular formula is C9H5N2O4-. The van der Waals surface area contributed by atoms with Crippen LogP contribution in [-0.2, 0) is 0 Å². The molecule has 6 nitrogen and oxygen atoms in total. The zero-order chi connectivity index (χ0) is 11.0. The average Bonchev–Trinajstić information content (AvgIpc) is 2.18. The molecule has 0 saturated carbocycles. The van der Waals surface area contributed by atoms with Crippen LogP contribution >= 0.6 is 0 Å². The van der Waals surface area contributed by atoms with E-state index in [-0.39, 0.29) is 16.6 Å². The van der Waals surface area contributed by atoms with Gasteiger partial charge in [0.1, 0.15) is 0 Å². The largest absolute Gasteiger partial charge is 0.545 e. The molecule has 0 saturated heterocycles. The maximum atomic E-state index is 11.0. The molecule has 0 spiro atoms. The fraction of sp³-hybridized carbons (Fsp3) is 0. The number of hydrogen-bond acceptors (Lipinski definition) is 4. The monoisotopic (exact) mass is 205 g/mol. The second-order valence-electron chi connectivity index (χ2n) is 2.92. The molecule has 2 N–H and O–H groups in total. The van der Waals surface area contributed by atoms with Crippen LogP contribution in [0.25, 0.3) is 11.0 Å². The Balaban J connectivity index is 2.98. The van der Waals surface area contributed by atoms with E-state index in [9.17, 15) is 19.5 Å². The number of carboxylic acids is 1. The van der Waals surface area contributed by atoms with Gasteiger partial charge in [-0.1, -0.05) is 12.1 Å². The zero-order valence-corrected chi connectivity index (χ0v) is 7.37. The fourth-order valence-electron chi connectivity index (χ4n) is 1.31. The first kappa shape index (κ1) is 9.20. The third kappa shape index (κ3) is 1.41. The fourth-order valence-corrected chi connectivity index (χ4v) is 1.31. The number of nitrogens with one attached hydrogen (secondary N) is 2. The van der Waals surface area contributed by atoms with E-state index in [1.54, 1.807) is 0 Å². The second-order valence-corrected chi connectivity index (χ2v) is 2.92. The first-order valence-electron chi connectivity index (χ1n) is 4.06. The third-order valence-corrected chi connectivity index (χ3v) is 1.98. The number of carbonyl (C=O) groups excluding carboxylic acids is 1. The number of aromatic carboxylic acids is 1. The molecule has 6 heteroatoms. The third-order valence-electron chi connectivity index (χ3n) is 1.98. The molecule has 0 aliphatic rings. The highest BCUT2D eigenvalue weighted by atomic mass is 16.4. The Labute approximate surface area is 82.2 Å². The van der Waals surface area contributed by atoms with Crippen molar-refractivity contribution in [2.75, 3.05) is 0 Å². The number of aromatic amines is 2. The molecule has 76 valence electrons. The van der Waals surface area contributed by atoms with Crippen molar-refractivity contribution < 1.29 is 9.90 Å². The second kappa shape index (κ2) is 3.09. The van der Waals surface area contributed by atoms with Crippen LogP contribution in [0.5, 0.6) is 0 Å². The van der Waals surface area contributed by atoms with Crippen LogP contribution in [0.2, 0.25) is 0 Å². The van der Waals surface area contributed by atoms with Crippen LogP contribution in [0.3, 0.4) is 0 Å². The van der Waals surface area contributed by atoms with Gasteiger partial charge in [-0.05, 0) is 6.07 Å². The number of carbonyl (C=O) groups is 1. The van der Waals surface area contributed by atoms with E-state index >= 15 is 0 Å². The van der Waals surface area contributed by atoms with Crippen molar-refractivity contribution in [2.24, 2.45) is 0 Å². The van der Waals surface area contributed by atoms with Crippen LogP contribution in [-0.4, -0.2) is 15.9 Å². The maximum absolute atomic E-state index is 11.0. The van der Waals surface area contributed by atoms with Gasteiger partial charge in [0.25, 0.3) is 0 Å². The van der Waals surface area contributed by atoms with Gasteiger partial charge < -0.3 is 19.9 Å². The number of para-hydroxylation sites is 1. The molecule has 2 aromatic rings. The Morgan fingerprint density at radius 3 is 2.47 bits per heavy atom. The van der Waals surface area contributed by atoms with Crippen LogP contribution in [0.4, 0.5) is 0 Å². The summed E-state index contributed by atoms with van der Waals surface area (Å²) in [5, 5.41) is 10.7. The molecule has 0 aliphatic heterocycles. The minimum absolute atomic E-state index is 0.0575. The normalized spacial score (nSPS) is 10.4. The molecule has 1 aromatic carbocycles. The number of carboxylic acid groups (broad SMARTS) is 1. The highest BCUT2D eigenvalue weighted by Gasteiger charge is 2.04. The summed E-state index contributed by atoms with van der Waals surface area (Å²) in [6, 6.07) is 4.22. The average molecular weight is 205 g/mol. The van der Waals surface area contributed by atoms with Gasteiger partial charge in [-0.3, -0.25) is 9.59 Å². The standard InChI is InChI=1S/C9H6N2O4/c12-7-8(13)11-6-4(9(14)15)2-1-3-5(6)10-7/h1-3H,(H,10,12)(H,11,13)(H,14,15)/p-1.